The highest BCUT2D eigenvalue weighted by Crippen LogP contribution is 2.41. The van der Waals surface area contributed by atoms with Crippen LogP contribution in [0.2, 0.25) is 0 Å². The molecule has 0 unspecified atom stereocenters. The summed E-state index contributed by atoms with van der Waals surface area (Å²) in [4.78, 5) is 0. The number of benzene rings is 2. The smallest absolute Gasteiger partial charge is 0.204 e. The fourth-order valence-electron chi connectivity index (χ4n) is 1.82. The van der Waals surface area contributed by atoms with E-state index in [0.29, 0.717) is 7.11 Å². The minimum atomic E-state index is -2.42. The maximum atomic E-state index is 13.8. The number of ether oxygens (including phenoxy) is 1. The number of hydrogen-bond donors (Lipinski definition) is 0. The molecule has 0 radical (unpaired) electrons. The second kappa shape index (κ2) is 5.47. The lowest BCUT2D eigenvalue weighted by Gasteiger charge is -2.14. The molecule has 0 fully saturated rings. The third-order valence-electron chi connectivity index (χ3n) is 2.79. The van der Waals surface area contributed by atoms with Crippen LogP contribution in [0.25, 0.3) is 11.1 Å². The van der Waals surface area contributed by atoms with Gasteiger partial charge in [-0.3, -0.25) is 0 Å². The van der Waals surface area contributed by atoms with Crippen LogP contribution in [0.15, 0.2) is 6.07 Å². The average Bonchev–Trinajstić information content (AvgIpc) is 2.48. The van der Waals surface area contributed by atoms with Crippen LogP contribution in [0.5, 0.6) is 5.75 Å². The highest BCUT2D eigenvalue weighted by atomic mass is 19.2. The zero-order chi connectivity index (χ0) is 16.8. The van der Waals surface area contributed by atoms with Gasteiger partial charge < -0.3 is 4.74 Å². The first-order chi connectivity index (χ1) is 10.2. The zero-order valence-electron chi connectivity index (χ0n) is 10.5. The Morgan fingerprint density at radius 2 is 1.05 bits per heavy atom. The number of rotatable bonds is 2. The topological polar surface area (TPSA) is 9.23 Å². The highest BCUT2D eigenvalue weighted by molar-refractivity contribution is 5.73. The van der Waals surface area contributed by atoms with Gasteiger partial charge in [0, 0.05) is 6.07 Å². The second-order valence-electron chi connectivity index (χ2n) is 4.01. The van der Waals surface area contributed by atoms with Crippen molar-refractivity contribution in [2.75, 3.05) is 7.11 Å². The lowest BCUT2D eigenvalue weighted by molar-refractivity contribution is 0.347. The van der Waals surface area contributed by atoms with E-state index in [1.807, 2.05) is 0 Å². The van der Waals surface area contributed by atoms with E-state index in [2.05, 4.69) is 4.74 Å². The van der Waals surface area contributed by atoms with Gasteiger partial charge in [-0.2, -0.15) is 4.39 Å². The van der Waals surface area contributed by atoms with Crippen LogP contribution in [0, 0.1) is 46.5 Å². The molecule has 0 bridgehead atoms. The van der Waals surface area contributed by atoms with Crippen LogP contribution < -0.4 is 4.74 Å². The Kier molecular flexibility index (Phi) is 3.99. The first kappa shape index (κ1) is 16.1. The monoisotopic (exact) mass is 328 g/mol. The summed E-state index contributed by atoms with van der Waals surface area (Å²) in [5, 5.41) is 0. The zero-order valence-corrected chi connectivity index (χ0v) is 10.5. The van der Waals surface area contributed by atoms with E-state index in [0.717, 1.165) is 0 Å². The molecule has 0 heterocycles. The predicted molar refractivity (Wildman–Crippen MR) is 58.1 cm³/mol. The first-order valence-corrected chi connectivity index (χ1v) is 5.45. The Morgan fingerprint density at radius 3 is 1.50 bits per heavy atom. The predicted octanol–water partition coefficient (Wildman–Crippen LogP) is 4.48. The summed E-state index contributed by atoms with van der Waals surface area (Å²) in [6, 6.07) is -0.186. The van der Waals surface area contributed by atoms with Gasteiger partial charge in [0.05, 0.1) is 18.2 Å². The van der Waals surface area contributed by atoms with Gasteiger partial charge >= 0.3 is 0 Å². The lowest BCUT2D eigenvalue weighted by Crippen LogP contribution is -2.07. The van der Waals surface area contributed by atoms with Crippen molar-refractivity contribution in [2.24, 2.45) is 0 Å². The number of halogens is 8. The van der Waals surface area contributed by atoms with Crippen LogP contribution in [0.3, 0.4) is 0 Å². The molecular weight excluding hydrogens is 324 g/mol. The van der Waals surface area contributed by atoms with E-state index in [1.54, 1.807) is 0 Å². The molecule has 0 N–H and O–H groups in total. The second-order valence-corrected chi connectivity index (χ2v) is 4.01. The summed E-state index contributed by atoms with van der Waals surface area (Å²) in [5.74, 6) is -18.7. The van der Waals surface area contributed by atoms with Crippen molar-refractivity contribution in [3.8, 4) is 16.9 Å². The Bertz CT molecular complexity index is 746. The molecule has 2 rings (SSSR count). The van der Waals surface area contributed by atoms with Crippen LogP contribution in [-0.4, -0.2) is 7.11 Å². The Labute approximate surface area is 117 Å². The highest BCUT2D eigenvalue weighted by Gasteiger charge is 2.32. The van der Waals surface area contributed by atoms with Crippen molar-refractivity contribution in [1.29, 1.82) is 0 Å². The fraction of sp³-hybridized carbons (Fsp3) is 0.0769. The first-order valence-electron chi connectivity index (χ1n) is 5.45. The average molecular weight is 328 g/mol. The molecular formula is C13H4F8O. The Balaban J connectivity index is 3.02. The molecule has 1 nitrogen and oxygen atoms in total. The van der Waals surface area contributed by atoms with Gasteiger partial charge in [-0.25, -0.2) is 30.7 Å². The molecule has 0 amide bonds. The van der Waals surface area contributed by atoms with Crippen molar-refractivity contribution in [2.45, 2.75) is 0 Å². The molecule has 9 heteroatoms. The normalized spacial score (nSPS) is 11.0. The molecule has 0 aromatic heterocycles. The molecule has 118 valence electrons. The number of hydrogen-bond acceptors (Lipinski definition) is 1. The molecule has 2 aromatic carbocycles. The summed E-state index contributed by atoms with van der Waals surface area (Å²) < 4.78 is 111. The van der Waals surface area contributed by atoms with E-state index in [1.165, 1.54) is 0 Å². The molecule has 0 aliphatic carbocycles. The van der Waals surface area contributed by atoms with Crippen LogP contribution in [0.4, 0.5) is 35.1 Å². The fourth-order valence-corrected chi connectivity index (χ4v) is 1.82. The third kappa shape index (κ3) is 2.16. The van der Waals surface area contributed by atoms with Gasteiger partial charge in [-0.15, -0.1) is 0 Å². The Hall–Kier alpha value is -2.32. The van der Waals surface area contributed by atoms with Gasteiger partial charge in [0.2, 0.25) is 11.6 Å². The maximum Gasteiger partial charge on any atom is 0.204 e. The van der Waals surface area contributed by atoms with Gasteiger partial charge in [0.15, 0.2) is 40.7 Å². The molecule has 0 aliphatic rings. The van der Waals surface area contributed by atoms with Crippen molar-refractivity contribution < 1.29 is 39.9 Å². The molecule has 2 aromatic rings. The molecule has 0 aliphatic heterocycles. The van der Waals surface area contributed by atoms with E-state index >= 15 is 0 Å². The van der Waals surface area contributed by atoms with Crippen molar-refractivity contribution in [3.05, 3.63) is 52.6 Å². The van der Waals surface area contributed by atoms with Gasteiger partial charge in [0.25, 0.3) is 0 Å². The van der Waals surface area contributed by atoms with Crippen LogP contribution in [0.1, 0.15) is 0 Å². The largest absolute Gasteiger partial charge is 0.493 e. The van der Waals surface area contributed by atoms with E-state index < -0.39 is 63.4 Å². The van der Waals surface area contributed by atoms with Crippen LogP contribution in [-0.2, 0) is 0 Å². The minimum absolute atomic E-state index is 0.186. The van der Waals surface area contributed by atoms with Crippen molar-refractivity contribution in [3.63, 3.8) is 0 Å². The van der Waals surface area contributed by atoms with E-state index in [4.69, 9.17) is 0 Å². The Morgan fingerprint density at radius 1 is 0.591 bits per heavy atom. The molecule has 0 atom stereocenters. The SMILES string of the molecule is COc1c(F)c(F)c(F)c(F)c1-c1c(F)c(F)cc(F)c1F. The quantitative estimate of drug-likeness (QED) is 0.449. The summed E-state index contributed by atoms with van der Waals surface area (Å²) in [7, 11) is 0.657. The summed E-state index contributed by atoms with van der Waals surface area (Å²) in [5.41, 5.74) is -3.38. The molecule has 0 saturated heterocycles. The van der Waals surface area contributed by atoms with E-state index in [9.17, 15) is 35.1 Å². The maximum absolute atomic E-state index is 13.8. The van der Waals surface area contributed by atoms with Crippen LogP contribution >= 0.6 is 0 Å². The van der Waals surface area contributed by atoms with Crippen molar-refractivity contribution in [1.82, 2.24) is 0 Å². The van der Waals surface area contributed by atoms with E-state index in [-0.39, 0.29) is 6.07 Å². The minimum Gasteiger partial charge on any atom is -0.493 e. The molecule has 22 heavy (non-hydrogen) atoms. The molecule has 0 saturated carbocycles. The summed E-state index contributed by atoms with van der Waals surface area (Å²) >= 11 is 0. The molecule has 0 spiro atoms. The van der Waals surface area contributed by atoms with Crippen molar-refractivity contribution >= 4 is 0 Å². The number of methoxy groups -OCH3 is 1. The third-order valence-corrected chi connectivity index (χ3v) is 2.79. The van der Waals surface area contributed by atoms with Gasteiger partial charge in [-0.05, 0) is 0 Å². The van der Waals surface area contributed by atoms with Gasteiger partial charge in [-0.1, -0.05) is 0 Å². The standard InChI is InChI=1S/C13H4F8O/c1-22-13-6(9(18)10(19)11(20)12(13)21)5-7(16)3(14)2-4(15)8(5)17/h2H,1H3. The summed E-state index contributed by atoms with van der Waals surface area (Å²) in [6.45, 7) is 0. The lowest BCUT2D eigenvalue weighted by atomic mass is 10.0. The van der Waals surface area contributed by atoms with Gasteiger partial charge in [0.1, 0.15) is 0 Å². The summed E-state index contributed by atoms with van der Waals surface area (Å²) in [6.07, 6.45) is 0.